The number of hydrogen-bond acceptors (Lipinski definition) is 3. The molecule has 0 aliphatic heterocycles. The van der Waals surface area contributed by atoms with Crippen LogP contribution in [0.1, 0.15) is 18.1 Å². The molecule has 2 aromatic carbocycles. The molecule has 5 nitrogen and oxygen atoms in total. The van der Waals surface area contributed by atoms with Crippen molar-refractivity contribution in [1.82, 2.24) is 10.6 Å². The monoisotopic (exact) mass is 482 g/mol. The quantitative estimate of drug-likeness (QED) is 0.343. The first-order valence-electron chi connectivity index (χ1n) is 9.03. The van der Waals surface area contributed by atoms with E-state index in [0.717, 1.165) is 31.2 Å². The third-order valence-electron chi connectivity index (χ3n) is 4.08. The largest absolute Gasteiger partial charge is 0.497 e. The van der Waals surface area contributed by atoms with E-state index in [4.69, 9.17) is 4.74 Å². The van der Waals surface area contributed by atoms with Gasteiger partial charge >= 0.3 is 0 Å². The Morgan fingerprint density at radius 3 is 2.15 bits per heavy atom. The Labute approximate surface area is 180 Å². The first-order valence-corrected chi connectivity index (χ1v) is 9.03. The zero-order valence-corrected chi connectivity index (χ0v) is 19.0. The molecule has 0 saturated heterocycles. The minimum Gasteiger partial charge on any atom is -0.497 e. The molecule has 0 atom stereocenters. The number of halogens is 1. The highest BCUT2D eigenvalue weighted by Gasteiger charge is 2.00. The minimum absolute atomic E-state index is 0. The molecular weight excluding hydrogens is 451 g/mol. The van der Waals surface area contributed by atoms with Crippen molar-refractivity contribution in [2.45, 2.75) is 19.9 Å². The van der Waals surface area contributed by atoms with Gasteiger partial charge in [0, 0.05) is 32.9 Å². The van der Waals surface area contributed by atoms with E-state index in [9.17, 15) is 0 Å². The zero-order chi connectivity index (χ0) is 18.8. The molecule has 27 heavy (non-hydrogen) atoms. The number of aliphatic imine (C=N–C) groups is 1. The average Bonchev–Trinajstić information content (AvgIpc) is 2.67. The lowest BCUT2D eigenvalue weighted by Gasteiger charge is -2.13. The van der Waals surface area contributed by atoms with Crippen LogP contribution in [0.15, 0.2) is 53.5 Å². The molecule has 0 unspecified atom stereocenters. The van der Waals surface area contributed by atoms with Gasteiger partial charge in [0.15, 0.2) is 5.96 Å². The van der Waals surface area contributed by atoms with E-state index < -0.39 is 0 Å². The van der Waals surface area contributed by atoms with E-state index in [2.05, 4.69) is 63.8 Å². The summed E-state index contributed by atoms with van der Waals surface area (Å²) >= 11 is 0. The number of hydrogen-bond donors (Lipinski definition) is 2. The van der Waals surface area contributed by atoms with Gasteiger partial charge in [0.1, 0.15) is 5.75 Å². The lowest BCUT2D eigenvalue weighted by molar-refractivity contribution is 0.414. The number of nitrogens with zero attached hydrogens (tertiary/aromatic N) is 2. The summed E-state index contributed by atoms with van der Waals surface area (Å²) in [6.45, 7) is 4.41. The fraction of sp³-hybridized carbons (Fsp3) is 0.381. The van der Waals surface area contributed by atoms with E-state index >= 15 is 0 Å². The first-order chi connectivity index (χ1) is 12.6. The maximum absolute atomic E-state index is 5.19. The molecule has 0 aromatic heterocycles. The smallest absolute Gasteiger partial charge is 0.191 e. The molecule has 2 aromatic rings. The summed E-state index contributed by atoms with van der Waals surface area (Å²) in [5.74, 6) is 1.73. The van der Waals surface area contributed by atoms with Gasteiger partial charge < -0.3 is 20.3 Å². The van der Waals surface area contributed by atoms with Crippen LogP contribution in [0, 0.1) is 0 Å². The van der Waals surface area contributed by atoms with Crippen LogP contribution < -0.4 is 20.3 Å². The highest BCUT2D eigenvalue weighted by Crippen LogP contribution is 2.13. The van der Waals surface area contributed by atoms with Crippen molar-refractivity contribution in [3.05, 3.63) is 59.7 Å². The van der Waals surface area contributed by atoms with Gasteiger partial charge in [-0.1, -0.05) is 24.3 Å². The lowest BCUT2D eigenvalue weighted by Crippen LogP contribution is -2.38. The Bertz CT molecular complexity index is 684. The van der Waals surface area contributed by atoms with Crippen LogP contribution in [-0.2, 0) is 13.0 Å². The fourth-order valence-corrected chi connectivity index (χ4v) is 2.53. The molecule has 0 amide bonds. The number of rotatable bonds is 8. The predicted molar refractivity (Wildman–Crippen MR) is 126 cm³/mol. The normalized spacial score (nSPS) is 10.7. The van der Waals surface area contributed by atoms with Gasteiger partial charge in [-0.3, -0.25) is 0 Å². The maximum atomic E-state index is 5.19. The summed E-state index contributed by atoms with van der Waals surface area (Å²) in [7, 11) is 5.77. The van der Waals surface area contributed by atoms with Crippen molar-refractivity contribution < 1.29 is 4.74 Å². The summed E-state index contributed by atoms with van der Waals surface area (Å²) in [5, 5.41) is 6.69. The summed E-state index contributed by atoms with van der Waals surface area (Å²) in [6.07, 6.45) is 0.936. The van der Waals surface area contributed by atoms with E-state index in [1.54, 1.807) is 7.11 Å². The second-order valence-electron chi connectivity index (χ2n) is 6.28. The van der Waals surface area contributed by atoms with Crippen molar-refractivity contribution in [3.63, 3.8) is 0 Å². The Kier molecular flexibility index (Phi) is 10.6. The number of ether oxygens (including phenoxy) is 1. The topological polar surface area (TPSA) is 48.9 Å². The van der Waals surface area contributed by atoms with Crippen molar-refractivity contribution in [2.24, 2.45) is 4.99 Å². The van der Waals surface area contributed by atoms with E-state index in [1.165, 1.54) is 16.8 Å². The van der Waals surface area contributed by atoms with Gasteiger partial charge in [0.25, 0.3) is 0 Å². The molecular formula is C21H31IN4O. The van der Waals surface area contributed by atoms with Gasteiger partial charge in [-0.05, 0) is 48.7 Å². The summed E-state index contributed by atoms with van der Waals surface area (Å²) < 4.78 is 5.19. The van der Waals surface area contributed by atoms with Crippen LogP contribution in [0.4, 0.5) is 5.69 Å². The minimum atomic E-state index is 0. The third-order valence-corrected chi connectivity index (χ3v) is 4.08. The summed E-state index contributed by atoms with van der Waals surface area (Å²) in [5.41, 5.74) is 3.67. The third kappa shape index (κ3) is 8.07. The van der Waals surface area contributed by atoms with Gasteiger partial charge in [0.2, 0.25) is 0 Å². The molecule has 2 rings (SSSR count). The Hall–Kier alpha value is -1.96. The van der Waals surface area contributed by atoms with Crippen molar-refractivity contribution in [3.8, 4) is 5.75 Å². The number of anilines is 1. The van der Waals surface area contributed by atoms with Crippen LogP contribution in [0.25, 0.3) is 0 Å². The van der Waals surface area contributed by atoms with Crippen molar-refractivity contribution in [2.75, 3.05) is 39.2 Å². The van der Waals surface area contributed by atoms with Crippen molar-refractivity contribution in [1.29, 1.82) is 0 Å². The van der Waals surface area contributed by atoms with Crippen LogP contribution >= 0.6 is 24.0 Å². The molecule has 148 valence electrons. The Balaban J connectivity index is 0.00000364. The zero-order valence-electron chi connectivity index (χ0n) is 16.7. The number of methoxy groups -OCH3 is 1. The average molecular weight is 482 g/mol. The standard InChI is InChI=1S/C21H30N4O.HI/c1-5-22-21(23-15-14-17-8-12-20(26-4)13-9-17)24-16-18-6-10-19(11-7-18)25(2)3;/h6-13H,5,14-16H2,1-4H3,(H2,22,23,24);1H. The number of guanidine groups is 1. The molecule has 2 N–H and O–H groups in total. The lowest BCUT2D eigenvalue weighted by atomic mass is 10.1. The van der Waals surface area contributed by atoms with Gasteiger partial charge in [-0.25, -0.2) is 4.99 Å². The van der Waals surface area contributed by atoms with Crippen LogP contribution in [0.2, 0.25) is 0 Å². The molecule has 0 saturated carbocycles. The van der Waals surface area contributed by atoms with Crippen LogP contribution in [-0.4, -0.2) is 40.3 Å². The summed E-state index contributed by atoms with van der Waals surface area (Å²) in [4.78, 5) is 6.77. The van der Waals surface area contributed by atoms with E-state index in [-0.39, 0.29) is 24.0 Å². The SMILES string of the molecule is CCNC(=NCc1ccc(N(C)C)cc1)NCCc1ccc(OC)cc1.I. The molecule has 0 bridgehead atoms. The summed E-state index contributed by atoms with van der Waals surface area (Å²) in [6, 6.07) is 16.7. The Morgan fingerprint density at radius 2 is 1.59 bits per heavy atom. The predicted octanol–water partition coefficient (Wildman–Crippen LogP) is 3.68. The van der Waals surface area contributed by atoms with Crippen molar-refractivity contribution >= 4 is 35.6 Å². The van der Waals surface area contributed by atoms with Gasteiger partial charge in [-0.2, -0.15) is 0 Å². The molecule has 0 heterocycles. The first kappa shape index (κ1) is 23.1. The second-order valence-corrected chi connectivity index (χ2v) is 6.28. The van der Waals surface area contributed by atoms with E-state index in [0.29, 0.717) is 6.54 Å². The van der Waals surface area contributed by atoms with Crippen LogP contribution in [0.3, 0.4) is 0 Å². The fourth-order valence-electron chi connectivity index (χ4n) is 2.53. The molecule has 0 radical (unpaired) electrons. The molecule has 0 aliphatic carbocycles. The van der Waals surface area contributed by atoms with Gasteiger partial charge in [0.05, 0.1) is 13.7 Å². The molecule has 6 heteroatoms. The highest BCUT2D eigenvalue weighted by molar-refractivity contribution is 14.0. The number of benzene rings is 2. The second kappa shape index (κ2) is 12.4. The highest BCUT2D eigenvalue weighted by atomic mass is 127. The number of nitrogens with one attached hydrogen (secondary N) is 2. The van der Waals surface area contributed by atoms with Gasteiger partial charge in [-0.15, -0.1) is 24.0 Å². The van der Waals surface area contributed by atoms with Crippen LogP contribution in [0.5, 0.6) is 5.75 Å². The molecule has 0 spiro atoms. The van der Waals surface area contributed by atoms with E-state index in [1.807, 2.05) is 26.2 Å². The Morgan fingerprint density at radius 1 is 0.963 bits per heavy atom. The molecule has 0 fully saturated rings. The molecule has 0 aliphatic rings. The maximum Gasteiger partial charge on any atom is 0.191 e.